The molecule has 3 aromatic carbocycles. The third-order valence-corrected chi connectivity index (χ3v) is 13.2. The fraction of sp³-hybridized carbons (Fsp3) is 0.490. The zero-order chi connectivity index (χ0) is 47.0. The number of likely N-dealkylation sites (tertiary alicyclic amines) is 1. The predicted molar refractivity (Wildman–Crippen MR) is 246 cm³/mol. The molecule has 2 saturated carbocycles. The van der Waals surface area contributed by atoms with Crippen molar-refractivity contribution in [3.05, 3.63) is 108 Å². The number of primary amides is 1. The van der Waals surface area contributed by atoms with Gasteiger partial charge in [-0.2, -0.15) is 0 Å². The third-order valence-electron chi connectivity index (χ3n) is 13.2. The number of hydrogen-bond donors (Lipinski definition) is 5. The summed E-state index contributed by atoms with van der Waals surface area (Å²) in [5.41, 5.74) is 7.42. The summed E-state index contributed by atoms with van der Waals surface area (Å²) in [7, 11) is 0. The van der Waals surface area contributed by atoms with Crippen LogP contribution in [0.2, 0.25) is 0 Å². The van der Waals surface area contributed by atoms with Crippen molar-refractivity contribution in [2.75, 3.05) is 13.1 Å². The quantitative estimate of drug-likeness (QED) is 0.0742. The van der Waals surface area contributed by atoms with Gasteiger partial charge >= 0.3 is 0 Å². The molecule has 5 unspecified atom stereocenters. The first-order valence-corrected chi connectivity index (χ1v) is 23.6. The van der Waals surface area contributed by atoms with Gasteiger partial charge in [-0.25, -0.2) is 0 Å². The van der Waals surface area contributed by atoms with Gasteiger partial charge in [0.1, 0.15) is 18.1 Å². The van der Waals surface area contributed by atoms with Crippen molar-refractivity contribution in [3.63, 3.8) is 0 Å². The van der Waals surface area contributed by atoms with Gasteiger partial charge in [0.25, 0.3) is 5.91 Å². The zero-order valence-electron chi connectivity index (χ0n) is 37.8. The molecule has 6 N–H and O–H groups in total. The maximum absolute atomic E-state index is 15.1. The van der Waals surface area contributed by atoms with Crippen LogP contribution in [0.4, 0.5) is 0 Å². The van der Waals surface area contributed by atoms with Crippen LogP contribution in [0.25, 0.3) is 0 Å². The van der Waals surface area contributed by atoms with Crippen LogP contribution in [0.1, 0.15) is 118 Å². The van der Waals surface area contributed by atoms with Crippen molar-refractivity contribution in [3.8, 4) is 0 Å². The molecule has 1 heterocycles. The highest BCUT2D eigenvalue weighted by molar-refractivity contribution is 6.38. The summed E-state index contributed by atoms with van der Waals surface area (Å²) < 4.78 is 6.32. The van der Waals surface area contributed by atoms with Gasteiger partial charge in [-0.05, 0) is 49.1 Å². The van der Waals surface area contributed by atoms with E-state index in [1.807, 2.05) is 43.3 Å². The number of amides is 6. The number of rotatable bonds is 21. The minimum Gasteiger partial charge on any atom is -0.372 e. The smallest absolute Gasteiger partial charge is 0.290 e. The summed E-state index contributed by atoms with van der Waals surface area (Å²) in [6.07, 6.45) is 7.55. The Labute approximate surface area is 386 Å². The lowest BCUT2D eigenvalue weighted by Crippen LogP contribution is -2.59. The molecule has 0 bridgehead atoms. The lowest BCUT2D eigenvalue weighted by molar-refractivity contribution is -0.145. The average molecular weight is 905 g/mol. The Hall–Kier alpha value is -6.22. The van der Waals surface area contributed by atoms with E-state index in [1.54, 1.807) is 54.6 Å². The summed E-state index contributed by atoms with van der Waals surface area (Å²) in [4.78, 5) is 111. The summed E-state index contributed by atoms with van der Waals surface area (Å²) in [5, 5.41) is 10.7. The molecule has 0 aromatic heterocycles. The molecule has 15 nitrogen and oxygen atoms in total. The van der Waals surface area contributed by atoms with Gasteiger partial charge in [-0.3, -0.25) is 38.4 Å². The number of ether oxygens (including phenoxy) is 1. The molecule has 3 fully saturated rings. The number of nitrogens with one attached hydrogen (secondary N) is 4. The maximum Gasteiger partial charge on any atom is 0.290 e. The molecule has 66 heavy (non-hydrogen) atoms. The van der Waals surface area contributed by atoms with Crippen molar-refractivity contribution >= 4 is 47.0 Å². The molecule has 2 aliphatic carbocycles. The Kier molecular flexibility index (Phi) is 18.2. The van der Waals surface area contributed by atoms with Crippen molar-refractivity contribution in [2.24, 2.45) is 23.5 Å². The number of ketones is 2. The van der Waals surface area contributed by atoms with Crippen LogP contribution >= 0.6 is 0 Å². The van der Waals surface area contributed by atoms with Gasteiger partial charge in [-0.15, -0.1) is 0 Å². The molecule has 6 rings (SSSR count). The molecule has 6 amide bonds. The number of unbranched alkanes of at least 4 members (excludes halogenated alkanes) is 1. The number of Topliss-reactive ketones (excluding diaryl/α,β-unsaturated/α-hetero) is 2. The summed E-state index contributed by atoms with van der Waals surface area (Å²) in [5.74, 6) is -6.56. The zero-order valence-corrected chi connectivity index (χ0v) is 37.8. The Morgan fingerprint density at radius 1 is 0.727 bits per heavy atom. The van der Waals surface area contributed by atoms with Crippen molar-refractivity contribution in [1.82, 2.24) is 26.2 Å². The van der Waals surface area contributed by atoms with E-state index in [0.29, 0.717) is 49.7 Å². The highest BCUT2D eigenvalue weighted by Gasteiger charge is 2.46. The fourth-order valence-corrected chi connectivity index (χ4v) is 9.59. The topological polar surface area (TPSA) is 223 Å². The second-order valence-corrected chi connectivity index (χ2v) is 17.8. The number of carbonyl (C=O) groups is 8. The van der Waals surface area contributed by atoms with Gasteiger partial charge < -0.3 is 36.6 Å². The molecule has 3 aromatic rings. The molecule has 1 saturated heterocycles. The molecule has 352 valence electrons. The lowest BCUT2D eigenvalue weighted by Gasteiger charge is -2.37. The summed E-state index contributed by atoms with van der Waals surface area (Å²) in [6.45, 7) is 1.52. The lowest BCUT2D eigenvalue weighted by atomic mass is 9.74. The number of nitrogens with zero attached hydrogens (tertiary/aromatic N) is 1. The SMILES string of the molecule is CCCCC(NC(=O)[C@@H]1C[C@@H](OCc2ccccc2)CN1C(=O)C(NC(=O)C1CCCCC1C(=O)c1ccccc1)C1CCCCC1)C(=O)C(=O)NCC(=O)NC(C(N)=O)c1ccccc1. The Bertz CT molecular complexity index is 2150. The molecule has 7 atom stereocenters. The van der Waals surface area contributed by atoms with Crippen LogP contribution in [-0.4, -0.2) is 89.2 Å². The molecule has 3 aliphatic rings. The molecule has 0 spiro atoms. The van der Waals surface area contributed by atoms with E-state index in [0.717, 1.165) is 37.7 Å². The van der Waals surface area contributed by atoms with Crippen LogP contribution in [0.3, 0.4) is 0 Å². The standard InChI is InChI=1S/C51H64N6O9/c1-2-3-28-40(46(60)50(64)53-30-42(58)55-43(47(52)61)34-20-10-5-11-21-34)54-49(63)41-29-37(66-32-33-18-8-4-9-19-33)31-57(41)51(65)44(35-22-12-6-13-23-35)56-48(62)39-27-17-16-26-38(39)45(59)36-24-14-7-15-25-36/h4-5,7-11,14-15,18-21,24-25,35,37-41,43-44H,2-3,6,12-13,16-17,22-23,26-32H2,1H3,(H2,52,61)(H,53,64)(H,54,63)(H,55,58)(H,56,62)/t37-,38?,39?,40?,41+,43?,44?/m1/s1. The molecule has 15 heteroatoms. The monoisotopic (exact) mass is 904 g/mol. The van der Waals surface area contributed by atoms with Crippen LogP contribution in [-0.2, 0) is 44.9 Å². The third kappa shape index (κ3) is 13.2. The van der Waals surface area contributed by atoms with E-state index in [-0.39, 0.29) is 43.6 Å². The largest absolute Gasteiger partial charge is 0.372 e. The van der Waals surface area contributed by atoms with E-state index < -0.39 is 84.0 Å². The highest BCUT2D eigenvalue weighted by Crippen LogP contribution is 2.35. The number of carbonyl (C=O) groups excluding carboxylic acids is 8. The van der Waals surface area contributed by atoms with Crippen LogP contribution < -0.4 is 27.0 Å². The first-order chi connectivity index (χ1) is 31.9. The maximum atomic E-state index is 15.1. The minimum absolute atomic E-state index is 0.0415. The van der Waals surface area contributed by atoms with Gasteiger partial charge in [0.2, 0.25) is 35.3 Å². The van der Waals surface area contributed by atoms with Gasteiger partial charge in [0, 0.05) is 30.4 Å². The number of hydrogen-bond acceptors (Lipinski definition) is 9. The van der Waals surface area contributed by atoms with E-state index in [1.165, 1.54) is 4.90 Å². The summed E-state index contributed by atoms with van der Waals surface area (Å²) >= 11 is 0. The molecule has 1 aliphatic heterocycles. The van der Waals surface area contributed by atoms with E-state index >= 15 is 4.79 Å². The van der Waals surface area contributed by atoms with E-state index in [2.05, 4.69) is 21.3 Å². The van der Waals surface area contributed by atoms with Crippen molar-refractivity contribution in [1.29, 1.82) is 0 Å². The minimum atomic E-state index is -1.29. The molecular weight excluding hydrogens is 841 g/mol. The normalized spacial score (nSPS) is 21.1. The first-order valence-electron chi connectivity index (χ1n) is 23.6. The van der Waals surface area contributed by atoms with E-state index in [9.17, 15) is 33.6 Å². The van der Waals surface area contributed by atoms with Crippen LogP contribution in [0.5, 0.6) is 0 Å². The molecule has 0 radical (unpaired) electrons. The second-order valence-electron chi connectivity index (χ2n) is 17.8. The second kappa shape index (κ2) is 24.3. The van der Waals surface area contributed by atoms with Gasteiger partial charge in [0.05, 0.1) is 25.3 Å². The van der Waals surface area contributed by atoms with E-state index in [4.69, 9.17) is 10.5 Å². The number of benzene rings is 3. The summed E-state index contributed by atoms with van der Waals surface area (Å²) in [6, 6.07) is 22.2. The van der Waals surface area contributed by atoms with Crippen molar-refractivity contribution < 1.29 is 43.1 Å². The predicted octanol–water partition coefficient (Wildman–Crippen LogP) is 4.63. The fourth-order valence-electron chi connectivity index (χ4n) is 9.59. The molecular formula is C51H64N6O9. The highest BCUT2D eigenvalue weighted by atomic mass is 16.5. The average Bonchev–Trinajstić information content (AvgIpc) is 3.79. The Morgan fingerprint density at radius 3 is 2.00 bits per heavy atom. The Balaban J connectivity index is 1.19. The van der Waals surface area contributed by atoms with Gasteiger partial charge in [-0.1, -0.05) is 143 Å². The van der Waals surface area contributed by atoms with Gasteiger partial charge in [0.15, 0.2) is 5.78 Å². The van der Waals surface area contributed by atoms with Crippen LogP contribution in [0.15, 0.2) is 91.0 Å². The Morgan fingerprint density at radius 2 is 1.35 bits per heavy atom. The first kappa shape index (κ1) is 49.2. The number of nitrogens with two attached hydrogens (primary N) is 1. The van der Waals surface area contributed by atoms with Crippen molar-refractivity contribution in [2.45, 2.75) is 127 Å². The van der Waals surface area contributed by atoms with Crippen LogP contribution in [0, 0.1) is 17.8 Å².